The molecule has 3 N–H and O–H groups in total. The van der Waals surface area contributed by atoms with Crippen molar-refractivity contribution < 1.29 is 0 Å². The van der Waals surface area contributed by atoms with E-state index in [1.54, 1.807) is 0 Å². The second-order valence-electron chi connectivity index (χ2n) is 2.91. The zero-order chi connectivity index (χ0) is 6.53. The summed E-state index contributed by atoms with van der Waals surface area (Å²) in [6.45, 7) is 1.01. The van der Waals surface area contributed by atoms with Crippen molar-refractivity contribution in [2.24, 2.45) is 11.8 Å². The lowest BCUT2D eigenvalue weighted by Gasteiger charge is -2.20. The zero-order valence-electron chi connectivity index (χ0n) is 5.90. The number of hydrogen-bond donors (Lipinski definition) is 2. The van der Waals surface area contributed by atoms with Gasteiger partial charge in [0.15, 0.2) is 0 Å². The summed E-state index contributed by atoms with van der Waals surface area (Å²) in [4.78, 5) is 0. The molecule has 2 nitrogen and oxygen atoms in total. The van der Waals surface area contributed by atoms with E-state index in [0.717, 1.165) is 12.5 Å². The van der Waals surface area contributed by atoms with E-state index >= 15 is 0 Å². The first-order valence-corrected chi connectivity index (χ1v) is 3.87. The SMILES string of the molecule is NNCC1CCCCC1. The Kier molecular flexibility index (Phi) is 3.01. The largest absolute Gasteiger partial charge is 0.271 e. The Morgan fingerprint density at radius 2 is 1.89 bits per heavy atom. The van der Waals surface area contributed by atoms with Gasteiger partial charge in [-0.15, -0.1) is 0 Å². The van der Waals surface area contributed by atoms with E-state index in [0.29, 0.717) is 0 Å². The molecule has 1 aliphatic carbocycles. The first kappa shape index (κ1) is 7.03. The molecule has 0 saturated heterocycles. The number of hydrogen-bond acceptors (Lipinski definition) is 2. The third kappa shape index (κ3) is 2.33. The molecule has 2 heteroatoms. The molecule has 54 valence electrons. The average Bonchev–Trinajstić information content (AvgIpc) is 1.91. The Morgan fingerprint density at radius 1 is 1.22 bits per heavy atom. The predicted molar refractivity (Wildman–Crippen MR) is 38.8 cm³/mol. The molecule has 0 aromatic heterocycles. The summed E-state index contributed by atoms with van der Waals surface area (Å²) in [6, 6.07) is 0. The Balaban J connectivity index is 2.08. The molecule has 1 rings (SSSR count). The van der Waals surface area contributed by atoms with Gasteiger partial charge < -0.3 is 0 Å². The molecule has 0 aromatic carbocycles. The smallest absolute Gasteiger partial charge is 0.0126 e. The monoisotopic (exact) mass is 128 g/mol. The number of rotatable bonds is 2. The van der Waals surface area contributed by atoms with Gasteiger partial charge in [0, 0.05) is 6.54 Å². The highest BCUT2D eigenvalue weighted by atomic mass is 15.2. The molecule has 0 amide bonds. The van der Waals surface area contributed by atoms with Gasteiger partial charge >= 0.3 is 0 Å². The molecule has 1 saturated carbocycles. The van der Waals surface area contributed by atoms with Crippen molar-refractivity contribution in [2.75, 3.05) is 6.54 Å². The Morgan fingerprint density at radius 3 is 2.44 bits per heavy atom. The maximum absolute atomic E-state index is 5.21. The maximum atomic E-state index is 5.21. The van der Waals surface area contributed by atoms with Crippen LogP contribution in [0, 0.1) is 5.92 Å². The maximum Gasteiger partial charge on any atom is 0.0126 e. The summed E-state index contributed by atoms with van der Waals surface area (Å²) < 4.78 is 0. The molecule has 9 heavy (non-hydrogen) atoms. The normalized spacial score (nSPS) is 22.3. The zero-order valence-corrected chi connectivity index (χ0v) is 5.90. The van der Waals surface area contributed by atoms with Crippen LogP contribution in [0.1, 0.15) is 32.1 Å². The molecule has 1 aliphatic rings. The van der Waals surface area contributed by atoms with Crippen LogP contribution in [0.25, 0.3) is 0 Å². The molecule has 0 spiro atoms. The summed E-state index contributed by atoms with van der Waals surface area (Å²) >= 11 is 0. The molecule has 0 aromatic rings. The third-order valence-electron chi connectivity index (χ3n) is 2.13. The molecule has 0 unspecified atom stereocenters. The Labute approximate surface area is 56.8 Å². The number of nitrogens with one attached hydrogen (secondary N) is 1. The van der Waals surface area contributed by atoms with Crippen molar-refractivity contribution >= 4 is 0 Å². The van der Waals surface area contributed by atoms with Gasteiger partial charge in [0.2, 0.25) is 0 Å². The quantitative estimate of drug-likeness (QED) is 0.430. The van der Waals surface area contributed by atoms with Gasteiger partial charge in [-0.1, -0.05) is 19.3 Å². The first-order chi connectivity index (χ1) is 4.43. The van der Waals surface area contributed by atoms with Crippen molar-refractivity contribution in [1.29, 1.82) is 0 Å². The van der Waals surface area contributed by atoms with Crippen molar-refractivity contribution in [3.63, 3.8) is 0 Å². The lowest BCUT2D eigenvalue weighted by atomic mass is 9.89. The lowest BCUT2D eigenvalue weighted by molar-refractivity contribution is 0.344. The Hall–Kier alpha value is -0.0800. The second-order valence-corrected chi connectivity index (χ2v) is 2.91. The van der Waals surface area contributed by atoms with Gasteiger partial charge in [0.25, 0.3) is 0 Å². The van der Waals surface area contributed by atoms with Crippen molar-refractivity contribution in [1.82, 2.24) is 5.43 Å². The molecule has 0 atom stereocenters. The van der Waals surface area contributed by atoms with E-state index in [9.17, 15) is 0 Å². The predicted octanol–water partition coefficient (Wildman–Crippen LogP) is 1.03. The average molecular weight is 128 g/mol. The molecular weight excluding hydrogens is 112 g/mol. The molecule has 0 radical (unpaired) electrons. The van der Waals surface area contributed by atoms with Crippen LogP contribution in [-0.2, 0) is 0 Å². The fourth-order valence-corrected chi connectivity index (χ4v) is 1.56. The minimum Gasteiger partial charge on any atom is -0.271 e. The number of hydrazine groups is 1. The fourth-order valence-electron chi connectivity index (χ4n) is 1.56. The topological polar surface area (TPSA) is 38.0 Å². The summed E-state index contributed by atoms with van der Waals surface area (Å²) in [6.07, 6.45) is 7.01. The first-order valence-electron chi connectivity index (χ1n) is 3.87. The summed E-state index contributed by atoms with van der Waals surface area (Å²) in [7, 11) is 0. The van der Waals surface area contributed by atoms with Crippen molar-refractivity contribution in [3.8, 4) is 0 Å². The van der Waals surface area contributed by atoms with E-state index in [1.165, 1.54) is 32.1 Å². The van der Waals surface area contributed by atoms with Gasteiger partial charge in [-0.25, -0.2) is 0 Å². The molecular formula is C7H16N2. The highest BCUT2D eigenvalue weighted by Gasteiger charge is 2.11. The Bertz CT molecular complexity index is 64.6. The molecule has 0 heterocycles. The minimum absolute atomic E-state index is 0.865. The van der Waals surface area contributed by atoms with Crippen molar-refractivity contribution in [3.05, 3.63) is 0 Å². The molecule has 0 bridgehead atoms. The lowest BCUT2D eigenvalue weighted by Crippen LogP contribution is -2.29. The number of nitrogens with two attached hydrogens (primary N) is 1. The van der Waals surface area contributed by atoms with Crippen LogP contribution in [0.2, 0.25) is 0 Å². The molecule has 0 aliphatic heterocycles. The van der Waals surface area contributed by atoms with Crippen molar-refractivity contribution in [2.45, 2.75) is 32.1 Å². The van der Waals surface area contributed by atoms with E-state index in [-0.39, 0.29) is 0 Å². The van der Waals surface area contributed by atoms with E-state index in [4.69, 9.17) is 5.84 Å². The van der Waals surface area contributed by atoms with Gasteiger partial charge in [-0.05, 0) is 18.8 Å². The van der Waals surface area contributed by atoms with Gasteiger partial charge in [0.1, 0.15) is 0 Å². The summed E-state index contributed by atoms with van der Waals surface area (Å²) in [5.41, 5.74) is 2.74. The van der Waals surface area contributed by atoms with Crippen LogP contribution >= 0.6 is 0 Å². The van der Waals surface area contributed by atoms with Crippen LogP contribution in [-0.4, -0.2) is 6.54 Å². The third-order valence-corrected chi connectivity index (χ3v) is 2.13. The minimum atomic E-state index is 0.865. The van der Waals surface area contributed by atoms with Crippen LogP contribution in [0.5, 0.6) is 0 Å². The van der Waals surface area contributed by atoms with Gasteiger partial charge in [-0.2, -0.15) is 0 Å². The highest BCUT2D eigenvalue weighted by Crippen LogP contribution is 2.22. The standard InChI is InChI=1S/C7H16N2/c8-9-6-7-4-2-1-3-5-7/h7,9H,1-6,8H2. The van der Waals surface area contributed by atoms with E-state index in [2.05, 4.69) is 5.43 Å². The van der Waals surface area contributed by atoms with Gasteiger partial charge in [0.05, 0.1) is 0 Å². The summed E-state index contributed by atoms with van der Waals surface area (Å²) in [5.74, 6) is 6.07. The van der Waals surface area contributed by atoms with E-state index in [1.807, 2.05) is 0 Å². The second kappa shape index (κ2) is 3.85. The van der Waals surface area contributed by atoms with Crippen LogP contribution in [0.4, 0.5) is 0 Å². The van der Waals surface area contributed by atoms with Crippen LogP contribution in [0.15, 0.2) is 0 Å². The fraction of sp³-hybridized carbons (Fsp3) is 1.00. The molecule has 1 fully saturated rings. The van der Waals surface area contributed by atoms with Gasteiger partial charge in [-0.3, -0.25) is 11.3 Å². The summed E-state index contributed by atoms with van der Waals surface area (Å²) in [5, 5.41) is 0. The van der Waals surface area contributed by atoms with Crippen LogP contribution < -0.4 is 11.3 Å². The highest BCUT2D eigenvalue weighted by molar-refractivity contribution is 4.66. The van der Waals surface area contributed by atoms with E-state index < -0.39 is 0 Å². The van der Waals surface area contributed by atoms with Crippen LogP contribution in [0.3, 0.4) is 0 Å².